The van der Waals surface area contributed by atoms with E-state index in [9.17, 15) is 19.4 Å². The number of carboxylic acid groups (broad SMARTS) is 1. The number of carboxylic acids is 1. The monoisotopic (exact) mass is 412 g/mol. The van der Waals surface area contributed by atoms with Crippen molar-refractivity contribution in [2.45, 2.75) is 44.9 Å². The van der Waals surface area contributed by atoms with Crippen LogP contribution in [0.1, 0.15) is 38.4 Å². The molecule has 6 nitrogen and oxygen atoms in total. The van der Waals surface area contributed by atoms with Gasteiger partial charge in [-0.2, -0.15) is 0 Å². The van der Waals surface area contributed by atoms with E-state index in [4.69, 9.17) is 5.11 Å². The molecule has 3 rings (SSSR count). The Morgan fingerprint density at radius 3 is 2.53 bits per heavy atom. The van der Waals surface area contributed by atoms with Crippen molar-refractivity contribution in [1.82, 2.24) is 9.55 Å². The van der Waals surface area contributed by atoms with Gasteiger partial charge in [-0.25, -0.2) is 4.39 Å². The Bertz CT molecular complexity index is 1060. The van der Waals surface area contributed by atoms with Crippen LogP contribution in [0.4, 0.5) is 4.39 Å². The summed E-state index contributed by atoms with van der Waals surface area (Å²) in [6.45, 7) is 4.08. The van der Waals surface area contributed by atoms with E-state index in [0.717, 1.165) is 27.7 Å². The lowest BCUT2D eigenvalue weighted by Crippen LogP contribution is -2.19. The fourth-order valence-corrected chi connectivity index (χ4v) is 3.66. The summed E-state index contributed by atoms with van der Waals surface area (Å²) < 4.78 is 15.6. The number of hydrogen-bond donors (Lipinski definition) is 3. The summed E-state index contributed by atoms with van der Waals surface area (Å²) in [5.74, 6) is -1.45. The van der Waals surface area contributed by atoms with Crippen molar-refractivity contribution in [3.63, 3.8) is 0 Å². The second-order valence-corrected chi connectivity index (χ2v) is 7.54. The quantitative estimate of drug-likeness (QED) is 0.519. The van der Waals surface area contributed by atoms with E-state index < -0.39 is 24.6 Å². The number of aliphatic carboxylic acids is 1. The van der Waals surface area contributed by atoms with Crippen LogP contribution in [0.5, 0.6) is 0 Å². The highest BCUT2D eigenvalue weighted by molar-refractivity contribution is 6.00. The van der Waals surface area contributed by atoms with Gasteiger partial charge in [0.05, 0.1) is 24.1 Å². The fraction of sp³-hybridized carbons (Fsp3) is 0.304. The van der Waals surface area contributed by atoms with Crippen molar-refractivity contribution in [1.29, 1.82) is 0 Å². The first-order valence-electron chi connectivity index (χ1n) is 9.78. The molecule has 158 valence electrons. The third-order valence-corrected chi connectivity index (χ3v) is 4.89. The molecule has 0 spiro atoms. The standard InChI is InChI=1S/C23H25FN2O4/c1-14(2)26-20-9-10-25-13-19(20)23(15-3-5-16(24)6-4-15)21(26)8-7-17(27)11-18(28)12-22(29)30/h3-10,13-14,17-18,27-28H,11-12H2,1-2H3,(H,29,30)/b8-7+. The van der Waals surface area contributed by atoms with Gasteiger partial charge in [-0.1, -0.05) is 18.2 Å². The largest absolute Gasteiger partial charge is 0.481 e. The number of halogens is 1. The minimum Gasteiger partial charge on any atom is -0.481 e. The van der Waals surface area contributed by atoms with Crippen molar-refractivity contribution in [3.8, 4) is 11.1 Å². The lowest BCUT2D eigenvalue weighted by molar-refractivity contribution is -0.139. The Kier molecular flexibility index (Phi) is 6.64. The van der Waals surface area contributed by atoms with Crippen LogP contribution in [0.25, 0.3) is 28.1 Å². The SMILES string of the molecule is CC(C)n1c(/C=C/C(O)CC(O)CC(=O)O)c(-c2ccc(F)cc2)c2cnccc21. The summed E-state index contributed by atoms with van der Waals surface area (Å²) in [5, 5.41) is 29.7. The Morgan fingerprint density at radius 2 is 1.90 bits per heavy atom. The molecule has 7 heteroatoms. The van der Waals surface area contributed by atoms with E-state index in [1.165, 1.54) is 12.1 Å². The second kappa shape index (κ2) is 9.19. The third kappa shape index (κ3) is 4.75. The van der Waals surface area contributed by atoms with Crippen LogP contribution in [-0.2, 0) is 4.79 Å². The van der Waals surface area contributed by atoms with Gasteiger partial charge in [-0.05, 0) is 43.7 Å². The van der Waals surface area contributed by atoms with Gasteiger partial charge in [-0.15, -0.1) is 0 Å². The molecule has 2 unspecified atom stereocenters. The Labute approximate surface area is 173 Å². The van der Waals surface area contributed by atoms with Crippen LogP contribution in [0, 0.1) is 5.82 Å². The topological polar surface area (TPSA) is 95.6 Å². The normalized spacial score (nSPS) is 13.9. The molecule has 3 N–H and O–H groups in total. The summed E-state index contributed by atoms with van der Waals surface area (Å²) in [4.78, 5) is 15.0. The highest BCUT2D eigenvalue weighted by Crippen LogP contribution is 2.37. The molecule has 3 aromatic rings. The number of aliphatic hydroxyl groups excluding tert-OH is 2. The maximum atomic E-state index is 13.5. The molecular weight excluding hydrogens is 387 g/mol. The maximum absolute atomic E-state index is 13.5. The number of pyridine rings is 1. The van der Waals surface area contributed by atoms with Crippen LogP contribution in [0.3, 0.4) is 0 Å². The molecular formula is C23H25FN2O4. The molecule has 0 radical (unpaired) electrons. The summed E-state index contributed by atoms with van der Waals surface area (Å²) in [6, 6.07) is 8.20. The zero-order chi connectivity index (χ0) is 21.8. The molecule has 0 aliphatic heterocycles. The molecule has 2 heterocycles. The van der Waals surface area contributed by atoms with E-state index in [0.29, 0.717) is 0 Å². The lowest BCUT2D eigenvalue weighted by atomic mass is 10.0. The smallest absolute Gasteiger partial charge is 0.305 e. The molecule has 0 bridgehead atoms. The molecule has 1 aromatic carbocycles. The van der Waals surface area contributed by atoms with Crippen molar-refractivity contribution >= 4 is 22.9 Å². The van der Waals surface area contributed by atoms with Gasteiger partial charge in [0, 0.05) is 41.5 Å². The van der Waals surface area contributed by atoms with Crippen molar-refractivity contribution < 1.29 is 24.5 Å². The van der Waals surface area contributed by atoms with Crippen LogP contribution >= 0.6 is 0 Å². The zero-order valence-electron chi connectivity index (χ0n) is 16.9. The third-order valence-electron chi connectivity index (χ3n) is 4.89. The van der Waals surface area contributed by atoms with Crippen LogP contribution in [-0.4, -0.2) is 43.0 Å². The van der Waals surface area contributed by atoms with Gasteiger partial charge in [0.15, 0.2) is 0 Å². The molecule has 2 atom stereocenters. The second-order valence-electron chi connectivity index (χ2n) is 7.54. The van der Waals surface area contributed by atoms with Gasteiger partial charge in [0.2, 0.25) is 0 Å². The lowest BCUT2D eigenvalue weighted by Gasteiger charge is -2.15. The van der Waals surface area contributed by atoms with Gasteiger partial charge in [0.25, 0.3) is 0 Å². The molecule has 0 aliphatic carbocycles. The number of fused-ring (bicyclic) bond motifs is 1. The van der Waals surface area contributed by atoms with E-state index in [1.807, 2.05) is 19.9 Å². The van der Waals surface area contributed by atoms with E-state index in [2.05, 4.69) is 9.55 Å². The molecule has 0 amide bonds. The van der Waals surface area contributed by atoms with Crippen molar-refractivity contribution in [2.75, 3.05) is 0 Å². The molecule has 2 aromatic heterocycles. The predicted molar refractivity (Wildman–Crippen MR) is 113 cm³/mol. The summed E-state index contributed by atoms with van der Waals surface area (Å²) in [6.07, 6.45) is 4.10. The van der Waals surface area contributed by atoms with Gasteiger partial charge in [0.1, 0.15) is 5.82 Å². The van der Waals surface area contributed by atoms with E-state index >= 15 is 0 Å². The Hall–Kier alpha value is -3.03. The molecule has 0 saturated heterocycles. The first-order chi connectivity index (χ1) is 14.3. The van der Waals surface area contributed by atoms with Gasteiger partial charge in [-0.3, -0.25) is 9.78 Å². The highest BCUT2D eigenvalue weighted by atomic mass is 19.1. The minimum absolute atomic E-state index is 0.0852. The average molecular weight is 412 g/mol. The van der Waals surface area contributed by atoms with E-state index in [-0.39, 0.29) is 18.3 Å². The molecule has 30 heavy (non-hydrogen) atoms. The number of rotatable bonds is 8. The van der Waals surface area contributed by atoms with Gasteiger partial charge < -0.3 is 19.9 Å². The number of nitrogens with zero attached hydrogens (tertiary/aromatic N) is 2. The van der Waals surface area contributed by atoms with Crippen LogP contribution in [0.15, 0.2) is 48.8 Å². The van der Waals surface area contributed by atoms with E-state index in [1.54, 1.807) is 36.7 Å². The maximum Gasteiger partial charge on any atom is 0.305 e. The summed E-state index contributed by atoms with van der Waals surface area (Å²) in [5.41, 5.74) is 3.45. The van der Waals surface area contributed by atoms with Crippen molar-refractivity contribution in [3.05, 3.63) is 60.3 Å². The first-order valence-corrected chi connectivity index (χ1v) is 9.78. The fourth-order valence-electron chi connectivity index (χ4n) is 3.66. The number of aliphatic hydroxyl groups is 2. The average Bonchev–Trinajstić information content (AvgIpc) is 3.00. The number of carbonyl (C=O) groups is 1. The zero-order valence-corrected chi connectivity index (χ0v) is 16.9. The number of hydrogen-bond acceptors (Lipinski definition) is 4. The number of aromatic nitrogens is 2. The summed E-state index contributed by atoms with van der Waals surface area (Å²) in [7, 11) is 0. The molecule has 0 fully saturated rings. The first kappa shape index (κ1) is 21.7. The predicted octanol–water partition coefficient (Wildman–Crippen LogP) is 4.02. The van der Waals surface area contributed by atoms with Crippen LogP contribution in [0.2, 0.25) is 0 Å². The number of benzene rings is 1. The summed E-state index contributed by atoms with van der Waals surface area (Å²) >= 11 is 0. The molecule has 0 saturated carbocycles. The highest BCUT2D eigenvalue weighted by Gasteiger charge is 2.20. The molecule has 0 aliphatic rings. The van der Waals surface area contributed by atoms with Crippen molar-refractivity contribution in [2.24, 2.45) is 0 Å². The van der Waals surface area contributed by atoms with Gasteiger partial charge >= 0.3 is 5.97 Å². The van der Waals surface area contributed by atoms with Crippen LogP contribution < -0.4 is 0 Å². The minimum atomic E-state index is -1.14. The Balaban J connectivity index is 2.08. The Morgan fingerprint density at radius 1 is 1.20 bits per heavy atom.